The first-order valence-electron chi connectivity index (χ1n) is 8.07. The van der Waals surface area contributed by atoms with Crippen LogP contribution in [0.2, 0.25) is 5.02 Å². The minimum Gasteiger partial charge on any atom is -0.330 e. The lowest BCUT2D eigenvalue weighted by molar-refractivity contribution is 0.575. The van der Waals surface area contributed by atoms with Crippen molar-refractivity contribution >= 4 is 22.5 Å². The second-order valence-electron chi connectivity index (χ2n) is 5.86. The molecule has 3 rings (SSSR count). The maximum atomic E-state index is 13.0. The Balaban J connectivity index is 2.21. The summed E-state index contributed by atoms with van der Waals surface area (Å²) in [6.45, 7) is 3.15. The smallest absolute Gasteiger partial charge is 0.261 e. The fourth-order valence-electron chi connectivity index (χ4n) is 2.90. The van der Waals surface area contributed by atoms with Crippen molar-refractivity contribution in [2.45, 2.75) is 25.8 Å². The Morgan fingerprint density at radius 2 is 1.96 bits per heavy atom. The molecule has 0 fully saturated rings. The van der Waals surface area contributed by atoms with Crippen molar-refractivity contribution in [3.8, 4) is 0 Å². The molecule has 2 aromatic carbocycles. The summed E-state index contributed by atoms with van der Waals surface area (Å²) in [5.74, 6) is 0.770. The highest BCUT2D eigenvalue weighted by Crippen LogP contribution is 2.24. The van der Waals surface area contributed by atoms with Gasteiger partial charge in [-0.1, -0.05) is 48.9 Å². The SMILES string of the molecule is CC(c1ccccc1)c1nc2ccc(Cl)cc2c(=O)n1CCCN. The quantitative estimate of drug-likeness (QED) is 0.772. The average Bonchev–Trinajstić information content (AvgIpc) is 2.61. The summed E-state index contributed by atoms with van der Waals surface area (Å²) in [6.07, 6.45) is 0.724. The second kappa shape index (κ2) is 7.16. The van der Waals surface area contributed by atoms with Gasteiger partial charge in [-0.15, -0.1) is 0 Å². The molecule has 0 radical (unpaired) electrons. The molecule has 0 spiro atoms. The van der Waals surface area contributed by atoms with Crippen LogP contribution >= 0.6 is 11.6 Å². The minimum absolute atomic E-state index is 0.0109. The van der Waals surface area contributed by atoms with Gasteiger partial charge in [-0.2, -0.15) is 0 Å². The molecule has 1 unspecified atom stereocenters. The van der Waals surface area contributed by atoms with E-state index in [1.807, 2.05) is 18.2 Å². The van der Waals surface area contributed by atoms with Gasteiger partial charge in [0.15, 0.2) is 0 Å². The molecule has 0 bridgehead atoms. The molecule has 1 aromatic heterocycles. The van der Waals surface area contributed by atoms with Crippen molar-refractivity contribution in [1.82, 2.24) is 9.55 Å². The van der Waals surface area contributed by atoms with Gasteiger partial charge in [-0.05, 0) is 36.7 Å². The molecule has 1 atom stereocenters. The van der Waals surface area contributed by atoms with Gasteiger partial charge in [-0.3, -0.25) is 9.36 Å². The summed E-state index contributed by atoms with van der Waals surface area (Å²) >= 11 is 6.05. The maximum Gasteiger partial charge on any atom is 0.261 e. The normalized spacial score (nSPS) is 12.5. The summed E-state index contributed by atoms with van der Waals surface area (Å²) in [6, 6.07) is 15.3. The number of benzene rings is 2. The van der Waals surface area contributed by atoms with Crippen LogP contribution in [0.15, 0.2) is 53.3 Å². The molecular weight excluding hydrogens is 322 g/mol. The van der Waals surface area contributed by atoms with E-state index in [4.69, 9.17) is 22.3 Å². The van der Waals surface area contributed by atoms with Gasteiger partial charge in [0, 0.05) is 17.5 Å². The first-order valence-corrected chi connectivity index (χ1v) is 8.44. The summed E-state index contributed by atoms with van der Waals surface area (Å²) in [5, 5.41) is 1.08. The van der Waals surface area contributed by atoms with Gasteiger partial charge in [0.2, 0.25) is 0 Å². The van der Waals surface area contributed by atoms with Crippen LogP contribution in [0.4, 0.5) is 0 Å². The molecule has 5 heteroatoms. The first kappa shape index (κ1) is 16.7. The van der Waals surface area contributed by atoms with Crippen LogP contribution in [-0.4, -0.2) is 16.1 Å². The molecule has 0 amide bonds. The Morgan fingerprint density at radius 1 is 1.21 bits per heavy atom. The Labute approximate surface area is 145 Å². The van der Waals surface area contributed by atoms with E-state index in [9.17, 15) is 4.79 Å². The number of halogens is 1. The third kappa shape index (κ3) is 3.21. The summed E-state index contributed by atoms with van der Waals surface area (Å²) in [4.78, 5) is 17.7. The van der Waals surface area contributed by atoms with Crippen LogP contribution in [0.25, 0.3) is 10.9 Å². The molecule has 0 saturated carbocycles. The van der Waals surface area contributed by atoms with Crippen molar-refractivity contribution < 1.29 is 0 Å². The number of nitrogens with two attached hydrogens (primary N) is 1. The van der Waals surface area contributed by atoms with Gasteiger partial charge in [0.1, 0.15) is 5.82 Å². The minimum atomic E-state index is -0.0614. The van der Waals surface area contributed by atoms with Crippen molar-refractivity contribution in [2.24, 2.45) is 5.73 Å². The van der Waals surface area contributed by atoms with Crippen molar-refractivity contribution in [1.29, 1.82) is 0 Å². The molecule has 0 aliphatic heterocycles. The highest BCUT2D eigenvalue weighted by Gasteiger charge is 2.18. The average molecular weight is 342 g/mol. The predicted octanol–water partition coefficient (Wildman–Crippen LogP) is 3.55. The number of hydrogen-bond donors (Lipinski definition) is 1. The maximum absolute atomic E-state index is 13.0. The van der Waals surface area contributed by atoms with E-state index in [2.05, 4.69) is 19.1 Å². The number of rotatable bonds is 5. The molecule has 2 N–H and O–H groups in total. The van der Waals surface area contributed by atoms with Gasteiger partial charge >= 0.3 is 0 Å². The third-order valence-corrected chi connectivity index (χ3v) is 4.45. The Bertz CT molecular complexity index is 906. The molecule has 0 aliphatic carbocycles. The van der Waals surface area contributed by atoms with E-state index in [1.165, 1.54) is 0 Å². The molecule has 1 heterocycles. The van der Waals surface area contributed by atoms with E-state index >= 15 is 0 Å². The Kier molecular flexibility index (Phi) is 4.97. The lowest BCUT2D eigenvalue weighted by Crippen LogP contribution is -2.28. The predicted molar refractivity (Wildman–Crippen MR) is 98.6 cm³/mol. The Morgan fingerprint density at radius 3 is 2.67 bits per heavy atom. The zero-order chi connectivity index (χ0) is 17.1. The van der Waals surface area contributed by atoms with Gasteiger partial charge in [-0.25, -0.2) is 4.98 Å². The van der Waals surface area contributed by atoms with E-state index in [0.717, 1.165) is 17.8 Å². The fourth-order valence-corrected chi connectivity index (χ4v) is 3.07. The van der Waals surface area contributed by atoms with Gasteiger partial charge in [0.05, 0.1) is 10.9 Å². The van der Waals surface area contributed by atoms with E-state index in [0.29, 0.717) is 29.0 Å². The van der Waals surface area contributed by atoms with Crippen LogP contribution in [0.3, 0.4) is 0 Å². The number of hydrogen-bond acceptors (Lipinski definition) is 3. The Hall–Kier alpha value is -2.17. The molecular formula is C19H20ClN3O. The van der Waals surface area contributed by atoms with E-state index < -0.39 is 0 Å². The molecule has 0 saturated heterocycles. The van der Waals surface area contributed by atoms with E-state index in [-0.39, 0.29) is 11.5 Å². The molecule has 3 aromatic rings. The molecule has 24 heavy (non-hydrogen) atoms. The fraction of sp³-hybridized carbons (Fsp3) is 0.263. The topological polar surface area (TPSA) is 60.9 Å². The third-order valence-electron chi connectivity index (χ3n) is 4.22. The standard InChI is InChI=1S/C19H20ClN3O/c1-13(14-6-3-2-4-7-14)18-22-17-9-8-15(20)12-16(17)19(24)23(18)11-5-10-21/h2-4,6-9,12-13H,5,10-11,21H2,1H3. The number of nitrogens with zero attached hydrogens (tertiary/aromatic N) is 2. The summed E-state index contributed by atoms with van der Waals surface area (Å²) < 4.78 is 1.74. The number of aromatic nitrogens is 2. The molecule has 124 valence electrons. The highest BCUT2D eigenvalue weighted by atomic mass is 35.5. The zero-order valence-corrected chi connectivity index (χ0v) is 14.3. The monoisotopic (exact) mass is 341 g/mol. The molecule has 4 nitrogen and oxygen atoms in total. The van der Waals surface area contributed by atoms with Crippen LogP contribution in [0.5, 0.6) is 0 Å². The number of fused-ring (bicyclic) bond motifs is 1. The largest absolute Gasteiger partial charge is 0.330 e. The zero-order valence-electron chi connectivity index (χ0n) is 13.6. The molecule has 0 aliphatic rings. The van der Waals surface area contributed by atoms with E-state index in [1.54, 1.807) is 22.8 Å². The van der Waals surface area contributed by atoms with Crippen molar-refractivity contribution in [3.63, 3.8) is 0 Å². The van der Waals surface area contributed by atoms with Crippen molar-refractivity contribution in [3.05, 3.63) is 75.3 Å². The first-order chi connectivity index (χ1) is 11.6. The van der Waals surface area contributed by atoms with Crippen LogP contribution in [-0.2, 0) is 6.54 Å². The summed E-state index contributed by atoms with van der Waals surface area (Å²) in [5.41, 5.74) is 7.38. The second-order valence-corrected chi connectivity index (χ2v) is 6.30. The van der Waals surface area contributed by atoms with Crippen molar-refractivity contribution in [2.75, 3.05) is 6.54 Å². The van der Waals surface area contributed by atoms with Crippen LogP contribution < -0.4 is 11.3 Å². The lowest BCUT2D eigenvalue weighted by Gasteiger charge is -2.19. The highest BCUT2D eigenvalue weighted by molar-refractivity contribution is 6.31. The van der Waals surface area contributed by atoms with Crippen LogP contribution in [0.1, 0.15) is 30.7 Å². The summed E-state index contributed by atoms with van der Waals surface area (Å²) in [7, 11) is 0. The van der Waals surface area contributed by atoms with Gasteiger partial charge < -0.3 is 5.73 Å². The van der Waals surface area contributed by atoms with Crippen LogP contribution in [0, 0.1) is 0 Å². The lowest BCUT2D eigenvalue weighted by atomic mass is 10.00. The van der Waals surface area contributed by atoms with Gasteiger partial charge in [0.25, 0.3) is 5.56 Å².